The molecule has 1 heterocycles. The first kappa shape index (κ1) is 24.9. The number of aromatic nitrogens is 2. The molecule has 1 fully saturated rings. The quantitative estimate of drug-likeness (QED) is 0.465. The fourth-order valence-electron chi connectivity index (χ4n) is 4.23. The lowest BCUT2D eigenvalue weighted by atomic mass is 9.92. The number of nitrogens with one attached hydrogen (secondary N) is 1. The van der Waals surface area contributed by atoms with Crippen LogP contribution < -0.4 is 14.8 Å². The molecule has 0 bridgehead atoms. The maximum absolute atomic E-state index is 13.6. The van der Waals surface area contributed by atoms with Gasteiger partial charge in [-0.05, 0) is 62.1 Å². The van der Waals surface area contributed by atoms with Gasteiger partial charge in [-0.3, -0.25) is 4.79 Å². The summed E-state index contributed by atoms with van der Waals surface area (Å²) in [4.78, 5) is 22.7. The number of nitrogens with zero attached hydrogens (tertiary/aromatic N) is 3. The second kappa shape index (κ2) is 11.0. The molecule has 8 nitrogen and oxygen atoms in total. The predicted molar refractivity (Wildman–Crippen MR) is 132 cm³/mol. The Bertz CT molecular complexity index is 1200. The summed E-state index contributed by atoms with van der Waals surface area (Å²) in [5.74, 6) is 0.673. The van der Waals surface area contributed by atoms with Crippen molar-refractivity contribution in [3.05, 3.63) is 47.2 Å². The van der Waals surface area contributed by atoms with E-state index in [1.807, 2.05) is 25.2 Å². The molecule has 0 aliphatic heterocycles. The van der Waals surface area contributed by atoms with E-state index < -0.39 is 5.82 Å². The summed E-state index contributed by atoms with van der Waals surface area (Å²) in [6.45, 7) is 0.0946. The largest absolute Gasteiger partial charge is 0.490 e. The molecule has 3 aromatic rings. The van der Waals surface area contributed by atoms with Crippen LogP contribution in [0.5, 0.6) is 11.8 Å². The van der Waals surface area contributed by atoms with Gasteiger partial charge >= 0.3 is 6.01 Å². The number of carbonyl (C=O) groups excluding carboxylic acids is 1. The van der Waals surface area contributed by atoms with Gasteiger partial charge < -0.3 is 24.4 Å². The van der Waals surface area contributed by atoms with Crippen LogP contribution in [0.25, 0.3) is 10.9 Å². The summed E-state index contributed by atoms with van der Waals surface area (Å²) in [6.07, 6.45) is 3.45. The van der Waals surface area contributed by atoms with Gasteiger partial charge in [-0.15, -0.1) is 0 Å². The summed E-state index contributed by atoms with van der Waals surface area (Å²) in [5.41, 5.74) is 1.25. The molecule has 2 aromatic carbocycles. The van der Waals surface area contributed by atoms with E-state index in [1.165, 1.54) is 26.4 Å². The van der Waals surface area contributed by atoms with Crippen molar-refractivity contribution >= 4 is 39.9 Å². The minimum absolute atomic E-state index is 0.00881. The topological polar surface area (TPSA) is 85.8 Å². The molecule has 1 saturated carbocycles. The molecule has 35 heavy (non-hydrogen) atoms. The van der Waals surface area contributed by atoms with Gasteiger partial charge in [0.05, 0.1) is 23.8 Å². The van der Waals surface area contributed by atoms with Crippen LogP contribution >= 0.6 is 11.6 Å². The van der Waals surface area contributed by atoms with Crippen LogP contribution in [-0.2, 0) is 9.53 Å². The van der Waals surface area contributed by atoms with Crippen molar-refractivity contribution in [3.8, 4) is 11.8 Å². The molecule has 0 radical (unpaired) electrons. The number of benzene rings is 2. The highest BCUT2D eigenvalue weighted by Gasteiger charge is 2.27. The van der Waals surface area contributed by atoms with Gasteiger partial charge in [0.1, 0.15) is 24.0 Å². The average molecular weight is 503 g/mol. The van der Waals surface area contributed by atoms with Crippen LogP contribution in [0, 0.1) is 5.82 Å². The molecule has 0 saturated heterocycles. The zero-order valence-electron chi connectivity index (χ0n) is 19.9. The van der Waals surface area contributed by atoms with Gasteiger partial charge in [0.25, 0.3) is 0 Å². The third-order valence-electron chi connectivity index (χ3n) is 6.17. The lowest BCUT2D eigenvalue weighted by Crippen LogP contribution is -2.42. The van der Waals surface area contributed by atoms with E-state index in [-0.39, 0.29) is 35.7 Å². The maximum atomic E-state index is 13.6. The summed E-state index contributed by atoms with van der Waals surface area (Å²) in [5, 5.41) is 3.91. The van der Waals surface area contributed by atoms with Gasteiger partial charge in [0.2, 0.25) is 5.91 Å². The molecule has 1 aliphatic rings. The molecule has 10 heteroatoms. The van der Waals surface area contributed by atoms with Crippen molar-refractivity contribution in [1.82, 2.24) is 14.9 Å². The van der Waals surface area contributed by atoms with Crippen LogP contribution in [0.3, 0.4) is 0 Å². The smallest absolute Gasteiger partial charge is 0.318 e. The fourth-order valence-corrected chi connectivity index (χ4v) is 4.41. The van der Waals surface area contributed by atoms with Gasteiger partial charge in [0.15, 0.2) is 0 Å². The third-order valence-corrected chi connectivity index (χ3v) is 6.46. The molecule has 4 rings (SSSR count). The number of methoxy groups -OCH3 is 2. The van der Waals surface area contributed by atoms with E-state index in [0.717, 1.165) is 31.1 Å². The van der Waals surface area contributed by atoms with Crippen molar-refractivity contribution in [3.63, 3.8) is 0 Å². The lowest BCUT2D eigenvalue weighted by Gasteiger charge is -2.34. The Hall–Kier alpha value is -3.17. The standard InChI is InChI=1S/C25H28ClFN4O4/c1-31(23(32)14-33-2)16-5-7-17(8-6-16)35-18-9-11-22-19(13-18)24(30-25(29-22)34-3)28-15-4-10-21(27)20(26)12-15/h4,9-13,16-17H,5-8,14H2,1-3H3,(H,28,29,30). The molecule has 1 aromatic heterocycles. The molecule has 1 amide bonds. The highest BCUT2D eigenvalue weighted by molar-refractivity contribution is 6.31. The van der Waals surface area contributed by atoms with Crippen molar-refractivity contribution in [1.29, 1.82) is 0 Å². The van der Waals surface area contributed by atoms with Crippen LogP contribution in [0.15, 0.2) is 36.4 Å². The number of fused-ring (bicyclic) bond motifs is 1. The van der Waals surface area contributed by atoms with E-state index in [4.69, 9.17) is 25.8 Å². The number of likely N-dealkylation sites (N-methyl/N-ethyl adjacent to an activating group) is 1. The molecule has 186 valence electrons. The van der Waals surface area contributed by atoms with Crippen molar-refractivity contribution in [2.45, 2.75) is 37.8 Å². The van der Waals surface area contributed by atoms with Crippen LogP contribution in [0.1, 0.15) is 25.7 Å². The summed E-state index contributed by atoms with van der Waals surface area (Å²) >= 11 is 5.93. The Balaban J connectivity index is 1.50. The number of carbonyl (C=O) groups is 1. The number of halogens is 2. The number of hydrogen-bond acceptors (Lipinski definition) is 7. The highest BCUT2D eigenvalue weighted by atomic mass is 35.5. The van der Waals surface area contributed by atoms with Crippen molar-refractivity contribution in [2.24, 2.45) is 0 Å². The van der Waals surface area contributed by atoms with Crippen molar-refractivity contribution in [2.75, 3.05) is 33.2 Å². The minimum atomic E-state index is -0.498. The second-order valence-corrected chi connectivity index (χ2v) is 8.88. The van der Waals surface area contributed by atoms with Gasteiger partial charge in [-0.1, -0.05) is 11.6 Å². The second-order valence-electron chi connectivity index (χ2n) is 8.48. The van der Waals surface area contributed by atoms with E-state index in [2.05, 4.69) is 15.3 Å². The predicted octanol–water partition coefficient (Wildman–Crippen LogP) is 4.97. The Labute approximate surface area is 208 Å². The highest BCUT2D eigenvalue weighted by Crippen LogP contribution is 2.32. The number of hydrogen-bond donors (Lipinski definition) is 1. The average Bonchev–Trinajstić information content (AvgIpc) is 2.86. The van der Waals surface area contributed by atoms with Gasteiger partial charge in [-0.25, -0.2) is 4.39 Å². The van der Waals surface area contributed by atoms with Crippen LogP contribution in [0.2, 0.25) is 5.02 Å². The summed E-state index contributed by atoms with van der Waals surface area (Å²) in [6, 6.07) is 10.3. The molecular weight excluding hydrogens is 475 g/mol. The molecule has 1 aliphatic carbocycles. The zero-order chi connectivity index (χ0) is 24.9. The number of amides is 1. The summed E-state index contributed by atoms with van der Waals surface area (Å²) < 4.78 is 30.1. The van der Waals surface area contributed by atoms with Gasteiger partial charge in [0, 0.05) is 31.3 Å². The Morgan fingerprint density at radius 2 is 1.91 bits per heavy atom. The fraction of sp³-hybridized carbons (Fsp3) is 0.400. The number of rotatable bonds is 8. The van der Waals surface area contributed by atoms with E-state index in [1.54, 1.807) is 11.0 Å². The molecular formula is C25H28ClFN4O4. The normalized spacial score (nSPS) is 17.7. The third kappa shape index (κ3) is 5.91. The lowest BCUT2D eigenvalue weighted by molar-refractivity contribution is -0.136. The van der Waals surface area contributed by atoms with Crippen LogP contribution in [0.4, 0.5) is 15.9 Å². The molecule has 0 atom stereocenters. The SMILES string of the molecule is COCC(=O)N(C)C1CCC(Oc2ccc3nc(OC)nc(Nc4ccc(F)c(Cl)c4)c3c2)CC1. The van der Waals surface area contributed by atoms with E-state index >= 15 is 0 Å². The zero-order valence-corrected chi connectivity index (χ0v) is 20.6. The van der Waals surface area contributed by atoms with Gasteiger partial charge in [-0.2, -0.15) is 9.97 Å². The first-order chi connectivity index (χ1) is 16.9. The van der Waals surface area contributed by atoms with E-state index in [0.29, 0.717) is 22.8 Å². The maximum Gasteiger partial charge on any atom is 0.318 e. The van der Waals surface area contributed by atoms with E-state index in [9.17, 15) is 9.18 Å². The van der Waals surface area contributed by atoms with Crippen LogP contribution in [-0.4, -0.2) is 60.8 Å². The monoisotopic (exact) mass is 502 g/mol. The first-order valence-electron chi connectivity index (χ1n) is 11.4. The van der Waals surface area contributed by atoms with Crippen molar-refractivity contribution < 1.29 is 23.4 Å². The Kier molecular flexibility index (Phi) is 7.87. The molecule has 0 spiro atoms. The Morgan fingerprint density at radius 3 is 2.60 bits per heavy atom. The minimum Gasteiger partial charge on any atom is -0.490 e. The number of ether oxygens (including phenoxy) is 3. The first-order valence-corrected chi connectivity index (χ1v) is 11.7. The molecule has 1 N–H and O–H groups in total. The number of anilines is 2. The molecule has 0 unspecified atom stereocenters. The summed E-state index contributed by atoms with van der Waals surface area (Å²) in [7, 11) is 4.85. The Morgan fingerprint density at radius 1 is 1.14 bits per heavy atom.